The standard InChI is InChI=1S/C12H18N2O3S/c1-7(15)16-6-9-4-5-10-11(17-9)18-12(14-10)13-8-2-3-8/h8-11H,2-6H2,1H3,(H,13,14)/t9-,10-,11-/m1/s1. The molecule has 5 nitrogen and oxygen atoms in total. The summed E-state index contributed by atoms with van der Waals surface area (Å²) in [4.78, 5) is 15.4. The lowest BCUT2D eigenvalue weighted by molar-refractivity contribution is -0.147. The number of rotatable bonds is 3. The molecular formula is C12H18N2O3S. The van der Waals surface area contributed by atoms with E-state index in [4.69, 9.17) is 9.47 Å². The van der Waals surface area contributed by atoms with Crippen LogP contribution in [0.25, 0.3) is 0 Å². The lowest BCUT2D eigenvalue weighted by Crippen LogP contribution is -2.36. The molecule has 1 saturated heterocycles. The van der Waals surface area contributed by atoms with Gasteiger partial charge in [-0.15, -0.1) is 0 Å². The minimum absolute atomic E-state index is 0.0260. The van der Waals surface area contributed by atoms with Crippen LogP contribution >= 0.6 is 11.8 Å². The molecule has 0 amide bonds. The number of ether oxygens (including phenoxy) is 2. The molecule has 0 aromatic rings. The maximum Gasteiger partial charge on any atom is 0.302 e. The van der Waals surface area contributed by atoms with Gasteiger partial charge in [0.05, 0.1) is 12.1 Å². The summed E-state index contributed by atoms with van der Waals surface area (Å²) in [5.74, 6) is -0.243. The van der Waals surface area contributed by atoms with Gasteiger partial charge in [0, 0.05) is 13.0 Å². The number of nitrogens with zero attached hydrogens (tertiary/aromatic N) is 1. The summed E-state index contributed by atoms with van der Waals surface area (Å²) in [6.45, 7) is 1.79. The largest absolute Gasteiger partial charge is 0.463 e. The average Bonchev–Trinajstić information content (AvgIpc) is 3.04. The van der Waals surface area contributed by atoms with Crippen molar-refractivity contribution in [1.82, 2.24) is 5.32 Å². The van der Waals surface area contributed by atoms with Gasteiger partial charge in [-0.05, 0) is 25.7 Å². The van der Waals surface area contributed by atoms with Gasteiger partial charge in [-0.25, -0.2) is 0 Å². The van der Waals surface area contributed by atoms with E-state index in [1.807, 2.05) is 0 Å². The van der Waals surface area contributed by atoms with E-state index in [9.17, 15) is 4.79 Å². The van der Waals surface area contributed by atoms with Crippen LogP contribution in [-0.2, 0) is 14.3 Å². The first-order valence-electron chi connectivity index (χ1n) is 6.50. The van der Waals surface area contributed by atoms with Crippen LogP contribution in [0.1, 0.15) is 32.6 Å². The molecule has 2 heterocycles. The van der Waals surface area contributed by atoms with Gasteiger partial charge in [0.15, 0.2) is 5.17 Å². The second kappa shape index (κ2) is 5.09. The van der Waals surface area contributed by atoms with Crippen LogP contribution in [0.3, 0.4) is 0 Å². The van der Waals surface area contributed by atoms with Gasteiger partial charge in [-0.3, -0.25) is 9.79 Å². The Morgan fingerprint density at radius 3 is 3.06 bits per heavy atom. The van der Waals surface area contributed by atoms with Gasteiger partial charge in [-0.2, -0.15) is 0 Å². The van der Waals surface area contributed by atoms with Crippen LogP contribution in [0.4, 0.5) is 0 Å². The van der Waals surface area contributed by atoms with Gasteiger partial charge in [0.25, 0.3) is 0 Å². The molecular weight excluding hydrogens is 252 g/mol. The number of aliphatic imine (C=N–C) groups is 1. The fraction of sp³-hybridized carbons (Fsp3) is 0.833. The monoisotopic (exact) mass is 270 g/mol. The molecule has 3 aliphatic rings. The molecule has 100 valence electrons. The molecule has 0 unspecified atom stereocenters. The highest BCUT2D eigenvalue weighted by atomic mass is 32.2. The summed E-state index contributed by atoms with van der Waals surface area (Å²) in [7, 11) is 0. The van der Waals surface area contributed by atoms with E-state index >= 15 is 0 Å². The Kier molecular flexibility index (Phi) is 3.48. The van der Waals surface area contributed by atoms with Crippen molar-refractivity contribution < 1.29 is 14.3 Å². The highest BCUT2D eigenvalue weighted by Gasteiger charge is 2.38. The summed E-state index contributed by atoms with van der Waals surface area (Å²) in [6, 6.07) is 0.901. The fourth-order valence-corrected chi connectivity index (χ4v) is 3.39. The molecule has 0 bridgehead atoms. The lowest BCUT2D eigenvalue weighted by Gasteiger charge is -2.29. The number of thioether (sulfide) groups is 1. The molecule has 6 heteroatoms. The zero-order chi connectivity index (χ0) is 12.5. The Bertz CT molecular complexity index is 370. The number of esters is 1. The van der Waals surface area contributed by atoms with Gasteiger partial charge in [0.1, 0.15) is 12.0 Å². The van der Waals surface area contributed by atoms with Crippen molar-refractivity contribution in [1.29, 1.82) is 0 Å². The third-order valence-electron chi connectivity index (χ3n) is 3.31. The summed E-state index contributed by atoms with van der Waals surface area (Å²) in [6.07, 6.45) is 4.46. The Hall–Kier alpha value is -0.750. The highest BCUT2D eigenvalue weighted by Crippen LogP contribution is 2.36. The van der Waals surface area contributed by atoms with E-state index in [1.165, 1.54) is 19.8 Å². The molecule has 1 N–H and O–H groups in total. The zero-order valence-corrected chi connectivity index (χ0v) is 11.2. The van der Waals surface area contributed by atoms with Gasteiger partial charge in [-0.1, -0.05) is 11.8 Å². The van der Waals surface area contributed by atoms with Crippen LogP contribution in [0, 0.1) is 0 Å². The highest BCUT2D eigenvalue weighted by molar-refractivity contribution is 8.14. The topological polar surface area (TPSA) is 59.9 Å². The molecule has 0 spiro atoms. The van der Waals surface area contributed by atoms with Crippen molar-refractivity contribution in [2.45, 2.75) is 56.2 Å². The fourth-order valence-electron chi connectivity index (χ4n) is 2.17. The number of hydrogen-bond acceptors (Lipinski definition) is 6. The molecule has 0 radical (unpaired) electrons. The van der Waals surface area contributed by atoms with Crippen molar-refractivity contribution in [2.75, 3.05) is 6.61 Å². The summed E-state index contributed by atoms with van der Waals surface area (Å²) in [5, 5.41) is 4.45. The minimum Gasteiger partial charge on any atom is -0.463 e. The Morgan fingerprint density at radius 2 is 2.33 bits per heavy atom. The molecule has 1 aliphatic carbocycles. The summed E-state index contributed by atoms with van der Waals surface area (Å²) >= 11 is 1.68. The predicted molar refractivity (Wildman–Crippen MR) is 69.5 cm³/mol. The molecule has 3 rings (SSSR count). The summed E-state index contributed by atoms with van der Waals surface area (Å²) < 4.78 is 10.9. The first-order chi connectivity index (χ1) is 8.70. The van der Waals surface area contributed by atoms with Crippen molar-refractivity contribution in [3.8, 4) is 0 Å². The number of carbonyl (C=O) groups excluding carboxylic acids is 1. The molecule has 18 heavy (non-hydrogen) atoms. The minimum atomic E-state index is -0.243. The van der Waals surface area contributed by atoms with Crippen LogP contribution in [0.15, 0.2) is 4.99 Å². The van der Waals surface area contributed by atoms with E-state index in [-0.39, 0.29) is 23.6 Å². The molecule has 0 aromatic carbocycles. The lowest BCUT2D eigenvalue weighted by atomic mass is 10.1. The van der Waals surface area contributed by atoms with E-state index in [2.05, 4.69) is 10.3 Å². The Morgan fingerprint density at radius 1 is 1.50 bits per heavy atom. The number of carbonyl (C=O) groups is 1. The summed E-state index contributed by atoms with van der Waals surface area (Å²) in [5.41, 5.74) is 0.0977. The van der Waals surface area contributed by atoms with Gasteiger partial charge < -0.3 is 14.8 Å². The maximum atomic E-state index is 10.8. The van der Waals surface area contributed by atoms with E-state index < -0.39 is 0 Å². The first-order valence-corrected chi connectivity index (χ1v) is 7.38. The maximum absolute atomic E-state index is 10.8. The van der Waals surface area contributed by atoms with Crippen molar-refractivity contribution in [3.63, 3.8) is 0 Å². The van der Waals surface area contributed by atoms with Crippen LogP contribution < -0.4 is 5.32 Å². The molecule has 1 saturated carbocycles. The van der Waals surface area contributed by atoms with E-state index in [1.54, 1.807) is 11.8 Å². The number of fused-ring (bicyclic) bond motifs is 1. The van der Waals surface area contributed by atoms with Crippen LogP contribution in [0.5, 0.6) is 0 Å². The van der Waals surface area contributed by atoms with Crippen molar-refractivity contribution in [3.05, 3.63) is 0 Å². The quantitative estimate of drug-likeness (QED) is 0.783. The van der Waals surface area contributed by atoms with Crippen molar-refractivity contribution >= 4 is 22.9 Å². The Labute approximate surface area is 111 Å². The van der Waals surface area contributed by atoms with Gasteiger partial charge >= 0.3 is 5.97 Å². The van der Waals surface area contributed by atoms with E-state index in [0.717, 1.165) is 18.0 Å². The second-order valence-corrected chi connectivity index (χ2v) is 6.13. The first kappa shape index (κ1) is 12.3. The third-order valence-corrected chi connectivity index (χ3v) is 4.42. The Balaban J connectivity index is 1.48. The van der Waals surface area contributed by atoms with E-state index in [0.29, 0.717) is 12.6 Å². The number of nitrogens with one attached hydrogen (secondary N) is 1. The average molecular weight is 270 g/mol. The molecule has 2 aliphatic heterocycles. The normalized spacial score (nSPS) is 34.7. The van der Waals surface area contributed by atoms with Crippen LogP contribution in [-0.4, -0.2) is 41.4 Å². The zero-order valence-electron chi connectivity index (χ0n) is 10.4. The SMILES string of the molecule is CC(=O)OC[C@H]1CC[C@H]2N=C(NC3CC3)S[C@H]2O1. The van der Waals surface area contributed by atoms with Crippen molar-refractivity contribution in [2.24, 2.45) is 4.99 Å². The molecule has 2 fully saturated rings. The third kappa shape index (κ3) is 2.98. The number of hydrogen-bond donors (Lipinski definition) is 1. The molecule has 3 atom stereocenters. The number of amidine groups is 1. The van der Waals surface area contributed by atoms with Crippen LogP contribution in [0.2, 0.25) is 0 Å². The second-order valence-electron chi connectivity index (χ2n) is 5.04. The molecule has 0 aromatic heterocycles. The smallest absolute Gasteiger partial charge is 0.302 e. The van der Waals surface area contributed by atoms with Gasteiger partial charge in [0.2, 0.25) is 0 Å². The predicted octanol–water partition coefficient (Wildman–Crippen LogP) is 1.28.